The summed E-state index contributed by atoms with van der Waals surface area (Å²) in [5.74, 6) is 0. The lowest BCUT2D eigenvalue weighted by atomic mass is 10.0. The van der Waals surface area contributed by atoms with Gasteiger partial charge in [-0.25, -0.2) is 0 Å². The Labute approximate surface area is 94.6 Å². The summed E-state index contributed by atoms with van der Waals surface area (Å²) in [6.45, 7) is 3.63. The number of ether oxygens (including phenoxy) is 1. The van der Waals surface area contributed by atoms with Gasteiger partial charge >= 0.3 is 0 Å². The molecule has 0 saturated carbocycles. The molecule has 0 radical (unpaired) electrons. The van der Waals surface area contributed by atoms with Gasteiger partial charge in [0.2, 0.25) is 0 Å². The van der Waals surface area contributed by atoms with Gasteiger partial charge in [0.15, 0.2) is 0 Å². The number of nitrogen functional groups attached to an aromatic ring is 1. The summed E-state index contributed by atoms with van der Waals surface area (Å²) in [7, 11) is 0. The van der Waals surface area contributed by atoms with Crippen LogP contribution in [-0.4, -0.2) is 18.8 Å². The van der Waals surface area contributed by atoms with Gasteiger partial charge in [-0.05, 0) is 31.5 Å². The number of rotatable bonds is 2. The lowest BCUT2D eigenvalue weighted by Gasteiger charge is -2.25. The van der Waals surface area contributed by atoms with Crippen LogP contribution in [0.2, 0.25) is 5.02 Å². The Morgan fingerprint density at radius 3 is 3.00 bits per heavy atom. The number of anilines is 2. The Balaban J connectivity index is 2.19. The smallest absolute Gasteiger partial charge is 0.0694 e. The van der Waals surface area contributed by atoms with E-state index in [2.05, 4.69) is 12.2 Å². The van der Waals surface area contributed by atoms with Crippen LogP contribution < -0.4 is 11.1 Å². The fourth-order valence-electron chi connectivity index (χ4n) is 1.73. The van der Waals surface area contributed by atoms with Crippen LogP contribution in [0.25, 0.3) is 0 Å². The topological polar surface area (TPSA) is 47.3 Å². The molecule has 2 rings (SSSR count). The van der Waals surface area contributed by atoms with Crippen LogP contribution in [0.15, 0.2) is 18.2 Å². The highest BCUT2D eigenvalue weighted by atomic mass is 35.5. The number of nitrogens with two attached hydrogens (primary N) is 1. The Hall–Kier alpha value is -0.930. The minimum absolute atomic E-state index is 0.0290. The minimum Gasteiger partial charge on any atom is -0.397 e. The maximum absolute atomic E-state index is 5.92. The van der Waals surface area contributed by atoms with Crippen molar-refractivity contribution < 1.29 is 4.74 Å². The van der Waals surface area contributed by atoms with E-state index in [-0.39, 0.29) is 5.54 Å². The van der Waals surface area contributed by atoms with E-state index in [1.807, 2.05) is 12.1 Å². The third kappa shape index (κ3) is 2.36. The Kier molecular flexibility index (Phi) is 2.76. The van der Waals surface area contributed by atoms with Crippen molar-refractivity contribution in [2.75, 3.05) is 24.3 Å². The molecule has 1 aromatic carbocycles. The molecule has 1 saturated heterocycles. The van der Waals surface area contributed by atoms with Crippen LogP contribution in [0.5, 0.6) is 0 Å². The lowest BCUT2D eigenvalue weighted by molar-refractivity contribution is 0.185. The minimum atomic E-state index is -0.0290. The maximum atomic E-state index is 5.92. The fraction of sp³-hybridized carbons (Fsp3) is 0.455. The second-order valence-electron chi connectivity index (χ2n) is 4.22. The van der Waals surface area contributed by atoms with Gasteiger partial charge in [0, 0.05) is 11.6 Å². The Bertz CT molecular complexity index is 362. The molecule has 3 N–H and O–H groups in total. The van der Waals surface area contributed by atoms with E-state index < -0.39 is 0 Å². The molecule has 0 aliphatic carbocycles. The largest absolute Gasteiger partial charge is 0.397 e. The number of halogens is 1. The summed E-state index contributed by atoms with van der Waals surface area (Å²) >= 11 is 5.92. The van der Waals surface area contributed by atoms with E-state index in [0.29, 0.717) is 17.3 Å². The van der Waals surface area contributed by atoms with Crippen LogP contribution >= 0.6 is 11.6 Å². The van der Waals surface area contributed by atoms with Gasteiger partial charge in [-0.3, -0.25) is 0 Å². The molecule has 0 amide bonds. The van der Waals surface area contributed by atoms with Crippen LogP contribution in [0, 0.1) is 0 Å². The standard InChI is InChI=1S/C11H15ClN2O/c1-11(4-5-15-7-11)14-10-6-8(12)2-3-9(10)13/h2-3,6,14H,4-5,7,13H2,1H3. The molecule has 1 aromatic rings. The molecule has 15 heavy (non-hydrogen) atoms. The highest BCUT2D eigenvalue weighted by Crippen LogP contribution is 2.29. The van der Waals surface area contributed by atoms with E-state index >= 15 is 0 Å². The average molecular weight is 227 g/mol. The summed E-state index contributed by atoms with van der Waals surface area (Å²) in [4.78, 5) is 0. The first-order valence-corrected chi connectivity index (χ1v) is 5.38. The second-order valence-corrected chi connectivity index (χ2v) is 4.66. The van der Waals surface area contributed by atoms with E-state index in [4.69, 9.17) is 22.1 Å². The van der Waals surface area contributed by atoms with Crippen LogP contribution in [0.1, 0.15) is 13.3 Å². The van der Waals surface area contributed by atoms with Crippen molar-refractivity contribution in [3.8, 4) is 0 Å². The van der Waals surface area contributed by atoms with Crippen molar-refractivity contribution >= 4 is 23.0 Å². The monoisotopic (exact) mass is 226 g/mol. The molecule has 0 aromatic heterocycles. The highest BCUT2D eigenvalue weighted by Gasteiger charge is 2.29. The fourth-order valence-corrected chi connectivity index (χ4v) is 1.90. The van der Waals surface area contributed by atoms with Crippen LogP contribution in [0.4, 0.5) is 11.4 Å². The first kappa shape index (κ1) is 10.6. The third-order valence-electron chi connectivity index (χ3n) is 2.67. The number of benzene rings is 1. The molecule has 1 atom stereocenters. The zero-order valence-electron chi connectivity index (χ0n) is 8.72. The SMILES string of the molecule is CC1(Nc2cc(Cl)ccc2N)CCOC1. The molecular formula is C11H15ClN2O. The van der Waals surface area contributed by atoms with Crippen molar-refractivity contribution in [2.45, 2.75) is 18.9 Å². The van der Waals surface area contributed by atoms with Gasteiger partial charge < -0.3 is 15.8 Å². The van der Waals surface area contributed by atoms with E-state index in [0.717, 1.165) is 18.7 Å². The predicted octanol–water partition coefficient (Wildman–Crippen LogP) is 2.51. The van der Waals surface area contributed by atoms with Gasteiger partial charge in [-0.15, -0.1) is 0 Å². The molecule has 82 valence electrons. The molecule has 1 heterocycles. The third-order valence-corrected chi connectivity index (χ3v) is 2.91. The Morgan fingerprint density at radius 1 is 1.53 bits per heavy atom. The molecule has 4 heteroatoms. The molecule has 1 unspecified atom stereocenters. The van der Waals surface area contributed by atoms with Crippen molar-refractivity contribution in [2.24, 2.45) is 0 Å². The first-order valence-electron chi connectivity index (χ1n) is 5.00. The van der Waals surface area contributed by atoms with Gasteiger partial charge in [-0.2, -0.15) is 0 Å². The number of hydrogen-bond donors (Lipinski definition) is 2. The molecule has 1 fully saturated rings. The van der Waals surface area contributed by atoms with Crippen molar-refractivity contribution in [1.82, 2.24) is 0 Å². The molecular weight excluding hydrogens is 212 g/mol. The maximum Gasteiger partial charge on any atom is 0.0694 e. The number of hydrogen-bond acceptors (Lipinski definition) is 3. The van der Waals surface area contributed by atoms with Gasteiger partial charge in [-0.1, -0.05) is 11.6 Å². The molecule has 1 aliphatic rings. The summed E-state index contributed by atoms with van der Waals surface area (Å²) in [6.07, 6.45) is 0.985. The number of nitrogens with one attached hydrogen (secondary N) is 1. The molecule has 1 aliphatic heterocycles. The predicted molar refractivity (Wildman–Crippen MR) is 63.3 cm³/mol. The zero-order chi connectivity index (χ0) is 10.9. The van der Waals surface area contributed by atoms with Gasteiger partial charge in [0.25, 0.3) is 0 Å². The van der Waals surface area contributed by atoms with E-state index in [1.165, 1.54) is 0 Å². The molecule has 0 bridgehead atoms. The lowest BCUT2D eigenvalue weighted by Crippen LogP contribution is -2.35. The van der Waals surface area contributed by atoms with E-state index in [1.54, 1.807) is 6.07 Å². The molecule has 3 nitrogen and oxygen atoms in total. The summed E-state index contributed by atoms with van der Waals surface area (Å²) in [5, 5.41) is 4.08. The van der Waals surface area contributed by atoms with Crippen molar-refractivity contribution in [1.29, 1.82) is 0 Å². The highest BCUT2D eigenvalue weighted by molar-refractivity contribution is 6.31. The average Bonchev–Trinajstić information content (AvgIpc) is 2.59. The normalized spacial score (nSPS) is 25.5. The molecule has 0 spiro atoms. The van der Waals surface area contributed by atoms with Crippen LogP contribution in [-0.2, 0) is 4.74 Å². The van der Waals surface area contributed by atoms with Crippen LogP contribution in [0.3, 0.4) is 0 Å². The summed E-state index contributed by atoms with van der Waals surface area (Å²) in [6, 6.07) is 5.44. The first-order chi connectivity index (χ1) is 7.09. The van der Waals surface area contributed by atoms with Gasteiger partial charge in [0.05, 0.1) is 23.5 Å². The van der Waals surface area contributed by atoms with Gasteiger partial charge in [0.1, 0.15) is 0 Å². The Morgan fingerprint density at radius 2 is 2.33 bits per heavy atom. The summed E-state index contributed by atoms with van der Waals surface area (Å²) in [5.41, 5.74) is 7.44. The van der Waals surface area contributed by atoms with Crippen molar-refractivity contribution in [3.63, 3.8) is 0 Å². The zero-order valence-corrected chi connectivity index (χ0v) is 9.47. The quantitative estimate of drug-likeness (QED) is 0.762. The van der Waals surface area contributed by atoms with E-state index in [9.17, 15) is 0 Å². The summed E-state index contributed by atoms with van der Waals surface area (Å²) < 4.78 is 5.37. The van der Waals surface area contributed by atoms with Crippen molar-refractivity contribution in [3.05, 3.63) is 23.2 Å². The second kappa shape index (κ2) is 3.91.